The molecule has 1 unspecified atom stereocenters. The SMILES string of the molecule is COCC1CN(C)CC12CCN(Cc1ccncc1F)CC2. The number of methoxy groups -OCH3 is 1. The number of halogens is 1. The van der Waals surface area contributed by atoms with Gasteiger partial charge in [-0.3, -0.25) is 9.88 Å². The van der Waals surface area contributed by atoms with Gasteiger partial charge in [-0.1, -0.05) is 0 Å². The summed E-state index contributed by atoms with van der Waals surface area (Å²) < 4.78 is 19.2. The highest BCUT2D eigenvalue weighted by Crippen LogP contribution is 2.44. The minimum Gasteiger partial charge on any atom is -0.384 e. The van der Waals surface area contributed by atoms with Gasteiger partial charge in [-0.15, -0.1) is 0 Å². The molecule has 2 aliphatic heterocycles. The average molecular weight is 307 g/mol. The van der Waals surface area contributed by atoms with Crippen molar-refractivity contribution in [3.63, 3.8) is 0 Å². The summed E-state index contributed by atoms with van der Waals surface area (Å²) in [5.74, 6) is 0.433. The maximum Gasteiger partial charge on any atom is 0.145 e. The molecule has 3 heterocycles. The van der Waals surface area contributed by atoms with Gasteiger partial charge in [-0.25, -0.2) is 4.39 Å². The van der Waals surface area contributed by atoms with Crippen molar-refractivity contribution in [3.8, 4) is 0 Å². The normalized spacial score (nSPS) is 25.9. The second-order valence-electron chi connectivity index (χ2n) is 6.95. The Kier molecular flexibility index (Phi) is 4.76. The Morgan fingerprint density at radius 2 is 2.18 bits per heavy atom. The molecule has 0 bridgehead atoms. The first-order valence-electron chi connectivity index (χ1n) is 8.11. The van der Waals surface area contributed by atoms with Crippen molar-refractivity contribution in [3.05, 3.63) is 29.8 Å². The summed E-state index contributed by atoms with van der Waals surface area (Å²) in [4.78, 5) is 8.62. The van der Waals surface area contributed by atoms with Gasteiger partial charge in [-0.05, 0) is 44.5 Å². The van der Waals surface area contributed by atoms with E-state index in [1.165, 1.54) is 25.6 Å². The lowest BCUT2D eigenvalue weighted by atomic mass is 9.71. The van der Waals surface area contributed by atoms with Crippen LogP contribution in [0, 0.1) is 17.2 Å². The van der Waals surface area contributed by atoms with Gasteiger partial charge in [-0.2, -0.15) is 0 Å². The molecule has 3 rings (SSSR count). The molecule has 0 radical (unpaired) electrons. The molecule has 0 saturated carbocycles. The number of hydrogen-bond acceptors (Lipinski definition) is 4. The molecule has 0 aromatic carbocycles. The highest BCUT2D eigenvalue weighted by molar-refractivity contribution is 5.12. The molecule has 1 aromatic rings. The lowest BCUT2D eigenvalue weighted by molar-refractivity contribution is 0.0351. The van der Waals surface area contributed by atoms with Crippen LogP contribution < -0.4 is 0 Å². The molecule has 2 saturated heterocycles. The Hall–Kier alpha value is -1.04. The van der Waals surface area contributed by atoms with E-state index in [0.29, 0.717) is 17.9 Å². The average Bonchev–Trinajstić information content (AvgIpc) is 2.80. The first kappa shape index (κ1) is 15.8. The first-order valence-corrected chi connectivity index (χ1v) is 8.11. The zero-order valence-corrected chi connectivity index (χ0v) is 13.6. The van der Waals surface area contributed by atoms with Gasteiger partial charge in [0.05, 0.1) is 12.8 Å². The molecule has 0 aliphatic carbocycles. The molecule has 122 valence electrons. The van der Waals surface area contributed by atoms with Gasteiger partial charge in [0.15, 0.2) is 0 Å². The van der Waals surface area contributed by atoms with Crippen molar-refractivity contribution in [2.45, 2.75) is 19.4 Å². The zero-order valence-electron chi connectivity index (χ0n) is 13.6. The van der Waals surface area contributed by atoms with Crippen LogP contribution in [-0.4, -0.2) is 61.7 Å². The number of aromatic nitrogens is 1. The Morgan fingerprint density at radius 3 is 2.86 bits per heavy atom. The van der Waals surface area contributed by atoms with E-state index >= 15 is 0 Å². The molecule has 2 fully saturated rings. The van der Waals surface area contributed by atoms with E-state index in [0.717, 1.165) is 31.8 Å². The summed E-state index contributed by atoms with van der Waals surface area (Å²) in [7, 11) is 4.00. The molecular formula is C17H26FN3O. The van der Waals surface area contributed by atoms with Crippen LogP contribution >= 0.6 is 0 Å². The maximum absolute atomic E-state index is 13.7. The summed E-state index contributed by atoms with van der Waals surface area (Å²) >= 11 is 0. The highest BCUT2D eigenvalue weighted by atomic mass is 19.1. The van der Waals surface area contributed by atoms with E-state index in [2.05, 4.69) is 21.8 Å². The molecule has 2 aliphatic rings. The molecule has 1 spiro atoms. The Bertz CT molecular complexity index is 502. The van der Waals surface area contributed by atoms with Crippen LogP contribution in [0.2, 0.25) is 0 Å². The topological polar surface area (TPSA) is 28.6 Å². The molecular weight excluding hydrogens is 281 g/mol. The van der Waals surface area contributed by atoms with E-state index in [1.54, 1.807) is 19.4 Å². The smallest absolute Gasteiger partial charge is 0.145 e. The third-order valence-electron chi connectivity index (χ3n) is 5.45. The number of pyridine rings is 1. The monoisotopic (exact) mass is 307 g/mol. The van der Waals surface area contributed by atoms with Crippen molar-refractivity contribution in [2.24, 2.45) is 11.3 Å². The molecule has 22 heavy (non-hydrogen) atoms. The van der Waals surface area contributed by atoms with Crippen molar-refractivity contribution in [1.29, 1.82) is 0 Å². The van der Waals surface area contributed by atoms with Gasteiger partial charge in [0.2, 0.25) is 0 Å². The first-order chi connectivity index (χ1) is 10.6. The third kappa shape index (κ3) is 3.16. The fraction of sp³-hybridized carbons (Fsp3) is 0.706. The predicted octanol–water partition coefficient (Wildman–Crippen LogP) is 2.01. The fourth-order valence-corrected chi connectivity index (χ4v) is 4.23. The van der Waals surface area contributed by atoms with Gasteiger partial charge in [0.1, 0.15) is 5.82 Å². The van der Waals surface area contributed by atoms with E-state index < -0.39 is 0 Å². The maximum atomic E-state index is 13.7. The Labute approximate surface area is 132 Å². The lowest BCUT2D eigenvalue weighted by Gasteiger charge is -2.42. The molecule has 0 N–H and O–H groups in total. The van der Waals surface area contributed by atoms with E-state index in [1.807, 2.05) is 0 Å². The predicted molar refractivity (Wildman–Crippen MR) is 84.0 cm³/mol. The number of nitrogens with zero attached hydrogens (tertiary/aromatic N) is 3. The van der Waals surface area contributed by atoms with Crippen LogP contribution in [0.25, 0.3) is 0 Å². The summed E-state index contributed by atoms with van der Waals surface area (Å²) in [5.41, 5.74) is 1.14. The number of likely N-dealkylation sites (tertiary alicyclic amines) is 2. The van der Waals surface area contributed by atoms with E-state index in [-0.39, 0.29) is 5.82 Å². The van der Waals surface area contributed by atoms with Crippen LogP contribution in [0.3, 0.4) is 0 Å². The second-order valence-corrected chi connectivity index (χ2v) is 6.95. The highest BCUT2D eigenvalue weighted by Gasteiger charge is 2.46. The molecule has 5 heteroatoms. The molecule has 1 aromatic heterocycles. The number of piperidine rings is 1. The van der Waals surface area contributed by atoms with Crippen molar-refractivity contribution >= 4 is 0 Å². The number of rotatable bonds is 4. The zero-order chi connectivity index (χ0) is 15.6. The fourth-order valence-electron chi connectivity index (χ4n) is 4.23. The lowest BCUT2D eigenvalue weighted by Crippen LogP contribution is -2.44. The third-order valence-corrected chi connectivity index (χ3v) is 5.45. The summed E-state index contributed by atoms with van der Waals surface area (Å²) in [6, 6.07) is 1.79. The summed E-state index contributed by atoms with van der Waals surface area (Å²) in [6.07, 6.45) is 5.34. The quantitative estimate of drug-likeness (QED) is 0.851. The number of hydrogen-bond donors (Lipinski definition) is 0. The van der Waals surface area contributed by atoms with Crippen molar-refractivity contribution in [2.75, 3.05) is 46.9 Å². The van der Waals surface area contributed by atoms with Crippen LogP contribution in [0.4, 0.5) is 4.39 Å². The standard InChI is InChI=1S/C17H26FN3O/c1-20-11-15(12-22-2)17(13-20)4-7-21(8-5-17)10-14-3-6-19-9-16(14)18/h3,6,9,15H,4-5,7-8,10-13H2,1-2H3. The molecule has 1 atom stereocenters. The van der Waals surface area contributed by atoms with Gasteiger partial charge >= 0.3 is 0 Å². The summed E-state index contributed by atoms with van der Waals surface area (Å²) in [5, 5.41) is 0. The van der Waals surface area contributed by atoms with Crippen LogP contribution in [-0.2, 0) is 11.3 Å². The van der Waals surface area contributed by atoms with Crippen molar-refractivity contribution < 1.29 is 9.13 Å². The summed E-state index contributed by atoms with van der Waals surface area (Å²) in [6.45, 7) is 5.91. The van der Waals surface area contributed by atoms with E-state index in [4.69, 9.17) is 4.74 Å². The van der Waals surface area contributed by atoms with Crippen LogP contribution in [0.15, 0.2) is 18.5 Å². The van der Waals surface area contributed by atoms with Crippen molar-refractivity contribution in [1.82, 2.24) is 14.8 Å². The Morgan fingerprint density at radius 1 is 1.41 bits per heavy atom. The minimum absolute atomic E-state index is 0.194. The van der Waals surface area contributed by atoms with Crippen LogP contribution in [0.5, 0.6) is 0 Å². The number of ether oxygens (including phenoxy) is 1. The van der Waals surface area contributed by atoms with Gasteiger partial charge in [0, 0.05) is 44.4 Å². The molecule has 0 amide bonds. The molecule has 4 nitrogen and oxygen atoms in total. The Balaban J connectivity index is 1.61. The second kappa shape index (κ2) is 6.60. The van der Waals surface area contributed by atoms with Crippen LogP contribution in [0.1, 0.15) is 18.4 Å². The minimum atomic E-state index is -0.194. The van der Waals surface area contributed by atoms with Gasteiger partial charge in [0.25, 0.3) is 0 Å². The van der Waals surface area contributed by atoms with E-state index in [9.17, 15) is 4.39 Å². The largest absolute Gasteiger partial charge is 0.384 e. The van der Waals surface area contributed by atoms with Gasteiger partial charge < -0.3 is 9.64 Å².